The number of carbonyl (C=O) groups excluding carboxylic acids is 1. The molecule has 0 aromatic heterocycles. The maximum atomic E-state index is 15.0. The summed E-state index contributed by atoms with van der Waals surface area (Å²) in [7, 11) is 0. The molecule has 4 bridgehead atoms. The van der Waals surface area contributed by atoms with Crippen molar-refractivity contribution in [3.05, 3.63) is 29.1 Å². The number of rotatable bonds is 5. The van der Waals surface area contributed by atoms with Crippen LogP contribution in [0.1, 0.15) is 86.0 Å². The maximum Gasteiger partial charge on any atom is 0.256 e. The lowest BCUT2D eigenvalue weighted by Gasteiger charge is -2.56. The van der Waals surface area contributed by atoms with E-state index in [9.17, 15) is 9.18 Å². The van der Waals surface area contributed by atoms with Gasteiger partial charge >= 0.3 is 0 Å². The third-order valence-corrected chi connectivity index (χ3v) is 8.44. The van der Waals surface area contributed by atoms with Crippen molar-refractivity contribution in [2.45, 2.75) is 70.1 Å². The molecule has 5 saturated carbocycles. The number of halogens is 1. The second-order valence-electron chi connectivity index (χ2n) is 10.8. The molecule has 5 aliphatic carbocycles. The van der Waals surface area contributed by atoms with Gasteiger partial charge in [0, 0.05) is 24.6 Å². The quantitative estimate of drug-likeness (QED) is 0.653. The van der Waals surface area contributed by atoms with E-state index >= 15 is 0 Å². The van der Waals surface area contributed by atoms with Gasteiger partial charge in [-0.3, -0.25) is 4.79 Å². The number of ether oxygens (including phenoxy) is 1. The summed E-state index contributed by atoms with van der Waals surface area (Å²) in [5.74, 6) is 3.27. The highest BCUT2D eigenvalue weighted by Gasteiger charge is 2.51. The van der Waals surface area contributed by atoms with Crippen molar-refractivity contribution in [2.75, 3.05) is 19.7 Å². The Balaban J connectivity index is 1.24. The Morgan fingerprint density at radius 1 is 1.03 bits per heavy atom. The van der Waals surface area contributed by atoms with Crippen LogP contribution < -0.4 is 4.74 Å². The monoisotopic (exact) mass is 397 g/mol. The van der Waals surface area contributed by atoms with Gasteiger partial charge < -0.3 is 9.64 Å². The van der Waals surface area contributed by atoms with Gasteiger partial charge in [-0.15, -0.1) is 0 Å². The molecule has 0 N–H and O–H groups in total. The van der Waals surface area contributed by atoms with Gasteiger partial charge in [-0.1, -0.05) is 0 Å². The van der Waals surface area contributed by atoms with E-state index in [0.29, 0.717) is 17.1 Å². The lowest BCUT2D eigenvalue weighted by Crippen LogP contribution is -2.48. The first-order valence-corrected chi connectivity index (χ1v) is 11.8. The first-order valence-electron chi connectivity index (χ1n) is 11.8. The summed E-state index contributed by atoms with van der Waals surface area (Å²) in [6.45, 7) is 2.23. The number of likely N-dealkylation sites (tertiary alicyclic amines) is 1. The second-order valence-corrected chi connectivity index (χ2v) is 10.8. The molecule has 29 heavy (non-hydrogen) atoms. The third kappa shape index (κ3) is 3.27. The average Bonchev–Trinajstić information content (AvgIpc) is 3.38. The molecule has 156 valence electrons. The summed E-state index contributed by atoms with van der Waals surface area (Å²) < 4.78 is 21.4. The SMILES string of the molecule is O=C(c1cc(C2CC2)c(OCC23CC4CC(CC(C4)C2)C3)cc1F)N1CCCC1. The summed E-state index contributed by atoms with van der Waals surface area (Å²) in [6, 6.07) is 3.35. The van der Waals surface area contributed by atoms with E-state index in [2.05, 4.69) is 0 Å². The van der Waals surface area contributed by atoms with Crippen LogP contribution in [0.5, 0.6) is 5.75 Å². The normalized spacial score (nSPS) is 35.3. The molecule has 1 heterocycles. The molecule has 1 aliphatic heterocycles. The minimum Gasteiger partial charge on any atom is -0.493 e. The van der Waals surface area contributed by atoms with E-state index in [-0.39, 0.29) is 11.5 Å². The summed E-state index contributed by atoms with van der Waals surface area (Å²) >= 11 is 0. The van der Waals surface area contributed by atoms with E-state index < -0.39 is 5.82 Å². The van der Waals surface area contributed by atoms with Crippen LogP contribution >= 0.6 is 0 Å². The summed E-state index contributed by atoms with van der Waals surface area (Å²) in [5.41, 5.74) is 1.63. The van der Waals surface area contributed by atoms with Gasteiger partial charge in [0.15, 0.2) is 0 Å². The van der Waals surface area contributed by atoms with E-state index in [0.717, 1.165) is 68.7 Å². The Bertz CT molecular complexity index is 789. The molecule has 0 radical (unpaired) electrons. The largest absolute Gasteiger partial charge is 0.493 e. The molecule has 1 aromatic carbocycles. The first kappa shape index (κ1) is 18.2. The Morgan fingerprint density at radius 2 is 1.66 bits per heavy atom. The molecule has 0 unspecified atom stereocenters. The zero-order chi connectivity index (χ0) is 19.6. The van der Waals surface area contributed by atoms with Crippen molar-refractivity contribution < 1.29 is 13.9 Å². The fourth-order valence-corrected chi connectivity index (χ4v) is 7.36. The van der Waals surface area contributed by atoms with E-state index in [1.54, 1.807) is 4.90 Å². The van der Waals surface area contributed by atoms with Crippen molar-refractivity contribution in [1.29, 1.82) is 0 Å². The van der Waals surface area contributed by atoms with Crippen LogP contribution in [0.3, 0.4) is 0 Å². The maximum absolute atomic E-state index is 15.0. The lowest BCUT2D eigenvalue weighted by molar-refractivity contribution is -0.0747. The highest BCUT2D eigenvalue weighted by molar-refractivity contribution is 5.95. The standard InChI is InChI=1S/C25H32FNO2/c26-22-11-23(29-15-25-12-16-7-17(13-25)9-18(8-16)14-25)20(19-3-4-19)10-21(22)24(28)27-5-1-2-6-27/h10-11,16-19H,1-9,12-15H2. The van der Waals surface area contributed by atoms with Crippen molar-refractivity contribution in [2.24, 2.45) is 23.2 Å². The predicted octanol–water partition coefficient (Wildman–Crippen LogP) is 5.53. The number of benzene rings is 1. The lowest BCUT2D eigenvalue weighted by atomic mass is 9.50. The van der Waals surface area contributed by atoms with Gasteiger partial charge in [-0.05, 0) is 99.5 Å². The predicted molar refractivity (Wildman–Crippen MR) is 110 cm³/mol. The van der Waals surface area contributed by atoms with Gasteiger partial charge in [-0.2, -0.15) is 0 Å². The highest BCUT2D eigenvalue weighted by Crippen LogP contribution is 2.60. The molecule has 6 fully saturated rings. The summed E-state index contributed by atoms with van der Waals surface area (Å²) in [5, 5.41) is 0. The molecule has 3 nitrogen and oxygen atoms in total. The Morgan fingerprint density at radius 3 is 2.24 bits per heavy atom. The van der Waals surface area contributed by atoms with Crippen LogP contribution in [0.15, 0.2) is 12.1 Å². The van der Waals surface area contributed by atoms with Crippen LogP contribution in [0.25, 0.3) is 0 Å². The van der Waals surface area contributed by atoms with E-state index in [4.69, 9.17) is 4.74 Å². The molecule has 1 saturated heterocycles. The smallest absolute Gasteiger partial charge is 0.256 e. The zero-order valence-corrected chi connectivity index (χ0v) is 17.3. The second kappa shape index (κ2) is 6.72. The van der Waals surface area contributed by atoms with Crippen LogP contribution in [0.2, 0.25) is 0 Å². The van der Waals surface area contributed by atoms with Crippen LogP contribution in [0.4, 0.5) is 4.39 Å². The fraction of sp³-hybridized carbons (Fsp3) is 0.720. The number of hydrogen-bond donors (Lipinski definition) is 0. The van der Waals surface area contributed by atoms with Crippen LogP contribution in [-0.4, -0.2) is 30.5 Å². The Labute approximate surface area is 173 Å². The van der Waals surface area contributed by atoms with Crippen molar-refractivity contribution in [1.82, 2.24) is 4.90 Å². The molecule has 0 spiro atoms. The minimum absolute atomic E-state index is 0.144. The number of hydrogen-bond acceptors (Lipinski definition) is 2. The average molecular weight is 398 g/mol. The van der Waals surface area contributed by atoms with E-state index in [1.807, 2.05) is 6.07 Å². The van der Waals surface area contributed by atoms with Gasteiger partial charge in [0.25, 0.3) is 5.91 Å². The minimum atomic E-state index is -0.410. The van der Waals surface area contributed by atoms with Crippen LogP contribution in [0, 0.1) is 29.0 Å². The highest BCUT2D eigenvalue weighted by atomic mass is 19.1. The van der Waals surface area contributed by atoms with Gasteiger partial charge in [0.2, 0.25) is 0 Å². The number of nitrogens with zero attached hydrogens (tertiary/aromatic N) is 1. The van der Waals surface area contributed by atoms with Crippen molar-refractivity contribution in [3.8, 4) is 5.75 Å². The molecule has 0 atom stereocenters. The topological polar surface area (TPSA) is 29.5 Å². The number of amides is 1. The number of carbonyl (C=O) groups is 1. The molecule has 7 rings (SSSR count). The molecular formula is C25H32FNO2. The molecular weight excluding hydrogens is 365 g/mol. The molecule has 1 amide bonds. The third-order valence-electron chi connectivity index (χ3n) is 8.44. The Hall–Kier alpha value is -1.58. The molecule has 4 heteroatoms. The first-order chi connectivity index (χ1) is 14.1. The Kier molecular flexibility index (Phi) is 4.22. The van der Waals surface area contributed by atoms with Gasteiger partial charge in [0.05, 0.1) is 12.2 Å². The zero-order valence-electron chi connectivity index (χ0n) is 17.3. The van der Waals surface area contributed by atoms with Crippen LogP contribution in [-0.2, 0) is 0 Å². The van der Waals surface area contributed by atoms with E-state index in [1.165, 1.54) is 44.6 Å². The van der Waals surface area contributed by atoms with Gasteiger partial charge in [-0.25, -0.2) is 4.39 Å². The molecule has 1 aromatic rings. The fourth-order valence-electron chi connectivity index (χ4n) is 7.36. The molecule has 6 aliphatic rings. The van der Waals surface area contributed by atoms with Crippen molar-refractivity contribution >= 4 is 5.91 Å². The van der Waals surface area contributed by atoms with Gasteiger partial charge in [0.1, 0.15) is 11.6 Å². The summed E-state index contributed by atoms with van der Waals surface area (Å²) in [6.07, 6.45) is 12.5. The van der Waals surface area contributed by atoms with Crippen molar-refractivity contribution in [3.63, 3.8) is 0 Å². The summed E-state index contributed by atoms with van der Waals surface area (Å²) in [4.78, 5) is 14.6.